The molecule has 0 bridgehead atoms. The molecule has 4 rings (SSSR count). The monoisotopic (exact) mass is 459 g/mol. The zero-order valence-electron chi connectivity index (χ0n) is 17.7. The van der Waals surface area contributed by atoms with Gasteiger partial charge >= 0.3 is 6.18 Å². The van der Waals surface area contributed by atoms with Crippen molar-refractivity contribution in [3.8, 4) is 17.0 Å². The van der Waals surface area contributed by atoms with Gasteiger partial charge in [-0.25, -0.2) is 0 Å². The third-order valence-electron chi connectivity index (χ3n) is 5.48. The van der Waals surface area contributed by atoms with Crippen molar-refractivity contribution in [3.05, 3.63) is 77.7 Å². The van der Waals surface area contributed by atoms with Gasteiger partial charge in [-0.15, -0.1) is 0 Å². The molecule has 1 amide bonds. The summed E-state index contributed by atoms with van der Waals surface area (Å²) in [5.41, 5.74) is 1.02. The van der Waals surface area contributed by atoms with Gasteiger partial charge in [0.1, 0.15) is 5.75 Å². The van der Waals surface area contributed by atoms with Crippen molar-refractivity contribution in [2.24, 2.45) is 5.92 Å². The molecule has 1 fully saturated rings. The van der Waals surface area contributed by atoms with E-state index in [0.717, 1.165) is 0 Å². The molecule has 1 aliphatic rings. The van der Waals surface area contributed by atoms with Crippen LogP contribution in [0.3, 0.4) is 0 Å². The van der Waals surface area contributed by atoms with E-state index in [0.29, 0.717) is 17.0 Å². The Morgan fingerprint density at radius 3 is 2.42 bits per heavy atom. The minimum Gasteiger partial charge on any atom is -0.475 e. The largest absolute Gasteiger partial charge is 0.475 e. The Balaban J connectivity index is 1.81. The van der Waals surface area contributed by atoms with Crippen molar-refractivity contribution in [3.63, 3.8) is 0 Å². The van der Waals surface area contributed by atoms with Crippen molar-refractivity contribution in [1.82, 2.24) is 14.9 Å². The summed E-state index contributed by atoms with van der Waals surface area (Å²) in [6.45, 7) is 1.49. The molecule has 1 aromatic heterocycles. The van der Waals surface area contributed by atoms with Gasteiger partial charge in [0.2, 0.25) is 6.10 Å². The van der Waals surface area contributed by atoms with Gasteiger partial charge in [-0.05, 0) is 13.0 Å². The first-order chi connectivity index (χ1) is 15.8. The van der Waals surface area contributed by atoms with E-state index in [4.69, 9.17) is 4.74 Å². The third kappa shape index (κ3) is 4.67. The van der Waals surface area contributed by atoms with Crippen molar-refractivity contribution >= 4 is 5.91 Å². The molecule has 0 N–H and O–H groups in total. The second-order valence-electron chi connectivity index (χ2n) is 7.85. The Morgan fingerprint density at radius 1 is 1.09 bits per heavy atom. The van der Waals surface area contributed by atoms with Gasteiger partial charge in [0.05, 0.1) is 23.6 Å². The highest BCUT2D eigenvalue weighted by Crippen LogP contribution is 2.40. The van der Waals surface area contributed by atoms with Gasteiger partial charge in [-0.2, -0.15) is 13.2 Å². The Kier molecular flexibility index (Phi) is 6.31. The quantitative estimate of drug-likeness (QED) is 0.477. The Morgan fingerprint density at radius 2 is 1.79 bits per heavy atom. The molecular formula is C24H21F4N3O2. The van der Waals surface area contributed by atoms with Gasteiger partial charge < -0.3 is 9.64 Å². The number of ether oxygens (including phenoxy) is 1. The number of nitrogens with zero attached hydrogens (tertiary/aromatic N) is 3. The van der Waals surface area contributed by atoms with Crippen LogP contribution in [0.2, 0.25) is 0 Å². The fourth-order valence-electron chi connectivity index (χ4n) is 3.79. The third-order valence-corrected chi connectivity index (χ3v) is 5.48. The number of carbonyl (C=O) groups excluding carboxylic acids is 1. The lowest BCUT2D eigenvalue weighted by Gasteiger charge is -2.38. The molecule has 1 aliphatic heterocycles. The predicted octanol–water partition coefficient (Wildman–Crippen LogP) is 5.18. The normalized spacial score (nSPS) is 15.1. The average Bonchev–Trinajstić information content (AvgIpc) is 2.76. The van der Waals surface area contributed by atoms with E-state index in [1.54, 1.807) is 19.1 Å². The number of hydrogen-bond acceptors (Lipinski definition) is 4. The molecule has 0 spiro atoms. The lowest BCUT2D eigenvalue weighted by atomic mass is 9.96. The summed E-state index contributed by atoms with van der Waals surface area (Å²) in [6.07, 6.45) is -4.08. The number of likely N-dealkylation sites (tertiary alicyclic amines) is 1. The zero-order chi connectivity index (χ0) is 23.6. The van der Waals surface area contributed by atoms with Crippen LogP contribution in [-0.4, -0.2) is 46.7 Å². The lowest BCUT2D eigenvalue weighted by Crippen LogP contribution is -2.51. The van der Waals surface area contributed by atoms with Crippen molar-refractivity contribution in [2.75, 3.05) is 19.8 Å². The summed E-state index contributed by atoms with van der Waals surface area (Å²) in [5.74, 6) is -1.04. The maximum absolute atomic E-state index is 14.0. The van der Waals surface area contributed by atoms with Gasteiger partial charge in [0, 0.05) is 42.5 Å². The number of hydrogen-bond donors (Lipinski definition) is 0. The molecule has 0 unspecified atom stereocenters. The number of rotatable bonds is 6. The smallest absolute Gasteiger partial charge is 0.429 e. The van der Waals surface area contributed by atoms with Crippen molar-refractivity contribution in [2.45, 2.75) is 19.2 Å². The second kappa shape index (κ2) is 9.17. The van der Waals surface area contributed by atoms with E-state index in [2.05, 4.69) is 9.97 Å². The highest BCUT2D eigenvalue weighted by molar-refractivity contribution is 6.03. The summed E-state index contributed by atoms with van der Waals surface area (Å²) in [7, 11) is 0. The van der Waals surface area contributed by atoms with Crippen molar-refractivity contribution < 1.29 is 27.1 Å². The first-order valence-electron chi connectivity index (χ1n) is 10.3. The number of amides is 1. The number of benzene rings is 2. The molecule has 3 aromatic rings. The molecule has 0 radical (unpaired) electrons. The second-order valence-corrected chi connectivity index (χ2v) is 7.85. The van der Waals surface area contributed by atoms with Gasteiger partial charge in [0.25, 0.3) is 5.91 Å². The summed E-state index contributed by atoms with van der Waals surface area (Å²) in [5, 5.41) is 0. The Bertz CT molecular complexity index is 1130. The molecule has 1 atom stereocenters. The lowest BCUT2D eigenvalue weighted by molar-refractivity contribution is -0.198. The van der Waals surface area contributed by atoms with Gasteiger partial charge in [-0.1, -0.05) is 42.5 Å². The van der Waals surface area contributed by atoms with Crippen LogP contribution in [0.5, 0.6) is 5.75 Å². The van der Waals surface area contributed by atoms with E-state index < -0.39 is 24.9 Å². The number of halogens is 4. The van der Waals surface area contributed by atoms with Crippen LogP contribution in [0.1, 0.15) is 27.7 Å². The SMILES string of the molecule is Cc1nccnc1-c1cccc(O[C@H](c2ccccc2)C(F)(F)F)c1C(=O)N1CC(CF)C1. The zero-order valence-corrected chi connectivity index (χ0v) is 17.7. The van der Waals surface area contributed by atoms with E-state index in [-0.39, 0.29) is 35.9 Å². The first-order valence-corrected chi connectivity index (χ1v) is 10.3. The highest BCUT2D eigenvalue weighted by atomic mass is 19.4. The van der Waals surface area contributed by atoms with E-state index in [9.17, 15) is 22.4 Å². The summed E-state index contributed by atoms with van der Waals surface area (Å²) < 4.78 is 60.3. The van der Waals surface area contributed by atoms with Crippen LogP contribution in [0.4, 0.5) is 17.6 Å². The molecule has 2 aromatic carbocycles. The summed E-state index contributed by atoms with van der Waals surface area (Å²) in [4.78, 5) is 23.2. The molecule has 1 saturated heterocycles. The average molecular weight is 459 g/mol. The van der Waals surface area contributed by atoms with Crippen LogP contribution in [0, 0.1) is 12.8 Å². The van der Waals surface area contributed by atoms with E-state index in [1.807, 2.05) is 0 Å². The van der Waals surface area contributed by atoms with Crippen LogP contribution in [0.25, 0.3) is 11.3 Å². The fourth-order valence-corrected chi connectivity index (χ4v) is 3.79. The number of aromatic nitrogens is 2. The fraction of sp³-hybridized carbons (Fsp3) is 0.292. The van der Waals surface area contributed by atoms with Gasteiger partial charge in [0.15, 0.2) is 0 Å². The first kappa shape index (κ1) is 22.7. The Hall–Kier alpha value is -3.49. The number of carbonyl (C=O) groups is 1. The van der Waals surface area contributed by atoms with Gasteiger partial charge in [-0.3, -0.25) is 19.2 Å². The molecule has 33 heavy (non-hydrogen) atoms. The number of alkyl halides is 4. The minimum atomic E-state index is -4.73. The van der Waals surface area contributed by atoms with Crippen LogP contribution in [0.15, 0.2) is 60.9 Å². The number of aryl methyl sites for hydroxylation is 1. The molecule has 2 heterocycles. The molecule has 5 nitrogen and oxygen atoms in total. The van der Waals surface area contributed by atoms with E-state index >= 15 is 0 Å². The summed E-state index contributed by atoms with van der Waals surface area (Å²) in [6, 6.07) is 11.6. The van der Waals surface area contributed by atoms with E-state index in [1.165, 1.54) is 53.7 Å². The van der Waals surface area contributed by atoms with Crippen LogP contribution < -0.4 is 4.74 Å². The standard InChI is InChI=1S/C24H21F4N3O2/c1-15-21(30-11-10-29-15)18-8-5-9-19(20(18)23(32)31-13-16(12-25)14-31)33-22(24(26,27)28)17-6-3-2-4-7-17/h2-11,16,22H,12-14H2,1H3/t22-/m1/s1. The molecule has 172 valence electrons. The van der Waals surface area contributed by atoms with Crippen LogP contribution in [-0.2, 0) is 0 Å². The molecular weight excluding hydrogens is 438 g/mol. The minimum absolute atomic E-state index is 0.0522. The van der Waals surface area contributed by atoms with Crippen LogP contribution >= 0.6 is 0 Å². The van der Waals surface area contributed by atoms with Crippen molar-refractivity contribution in [1.29, 1.82) is 0 Å². The highest BCUT2D eigenvalue weighted by Gasteiger charge is 2.44. The summed E-state index contributed by atoms with van der Waals surface area (Å²) >= 11 is 0. The molecule has 0 saturated carbocycles. The maximum atomic E-state index is 14.0. The topological polar surface area (TPSA) is 55.3 Å². The Labute approximate surface area is 188 Å². The maximum Gasteiger partial charge on any atom is 0.429 e. The molecule has 0 aliphatic carbocycles. The molecule has 9 heteroatoms. The predicted molar refractivity (Wildman–Crippen MR) is 113 cm³/mol.